The Morgan fingerprint density at radius 3 is 2.41 bits per heavy atom. The monoisotopic (exact) mass is 443 g/mol. The minimum atomic E-state index is -4.60. The number of aryl methyl sites for hydroxylation is 3. The first-order valence-corrected chi connectivity index (χ1v) is 12.4. The molecule has 1 aromatic heterocycles. The number of aromatic nitrogens is 2. The fourth-order valence-corrected chi connectivity index (χ4v) is 3.88. The second kappa shape index (κ2) is 12.4. The van der Waals surface area contributed by atoms with Gasteiger partial charge in [-0.05, 0) is 56.2 Å². The molecular weight excluding hydrogens is 411 g/mol. The number of halogens is 1. The molecule has 6 nitrogen and oxygen atoms in total. The number of imidazole rings is 1. The van der Waals surface area contributed by atoms with E-state index in [2.05, 4.69) is 6.92 Å². The van der Waals surface area contributed by atoms with Crippen molar-refractivity contribution >= 4 is 19.4 Å². The van der Waals surface area contributed by atoms with Crippen molar-refractivity contribution in [2.24, 2.45) is 0 Å². The van der Waals surface area contributed by atoms with E-state index in [1.165, 1.54) is 24.8 Å². The third-order valence-electron chi connectivity index (χ3n) is 4.90. The topological polar surface area (TPSA) is 75.6 Å². The lowest BCUT2D eigenvalue weighted by atomic mass is 10.1. The van der Waals surface area contributed by atoms with Crippen LogP contribution in [0.3, 0.4) is 0 Å². The maximum atomic E-state index is 11.4. The van der Waals surface area contributed by atoms with E-state index < -0.39 is 7.82 Å². The quantitative estimate of drug-likeness (QED) is 0.236. The summed E-state index contributed by atoms with van der Waals surface area (Å²) in [6.07, 6.45) is 13.3. The van der Waals surface area contributed by atoms with Crippen molar-refractivity contribution in [2.75, 3.05) is 0 Å². The summed E-state index contributed by atoms with van der Waals surface area (Å²) in [5.74, 6) is 0. The number of phosphoric ester groups is 1. The van der Waals surface area contributed by atoms with E-state index in [0.29, 0.717) is 13.1 Å². The zero-order valence-corrected chi connectivity index (χ0v) is 18.8. The average Bonchev–Trinajstić information content (AvgIpc) is 3.03. The van der Waals surface area contributed by atoms with Crippen LogP contribution in [-0.2, 0) is 24.1 Å². The maximum Gasteiger partial charge on any atom is 0.529 e. The Labute approximate surface area is 178 Å². The lowest BCUT2D eigenvalue weighted by Crippen LogP contribution is -2.34. The highest BCUT2D eigenvalue weighted by Gasteiger charge is 2.27. The van der Waals surface area contributed by atoms with Gasteiger partial charge in [0.15, 0.2) is 0 Å². The van der Waals surface area contributed by atoms with Gasteiger partial charge in [-0.15, -0.1) is 0 Å². The van der Waals surface area contributed by atoms with Gasteiger partial charge in [0.2, 0.25) is 0 Å². The van der Waals surface area contributed by atoms with E-state index in [1.807, 2.05) is 36.7 Å². The summed E-state index contributed by atoms with van der Waals surface area (Å²) in [5.41, 5.74) is 1.27. The molecule has 0 aliphatic carbocycles. The zero-order chi connectivity index (χ0) is 21.1. The standard InChI is InChI=1S/C21H32ClN2O4P/c1-2-3-4-5-8-15-23-17-18-24(21(23)28-29(25,26)27)16-9-6-7-10-19-11-13-20(22)14-12-19/h11-14,17-18H,2-10,15-16H2,1H3,(H-,25,26,27)/p+1. The van der Waals surface area contributed by atoms with Crippen molar-refractivity contribution in [3.05, 3.63) is 47.2 Å². The number of phosphoric acid groups is 1. The normalized spacial score (nSPS) is 11.7. The van der Waals surface area contributed by atoms with Gasteiger partial charge in [0.1, 0.15) is 12.4 Å². The highest BCUT2D eigenvalue weighted by Crippen LogP contribution is 2.36. The molecule has 0 atom stereocenters. The zero-order valence-electron chi connectivity index (χ0n) is 17.2. The number of rotatable bonds is 14. The number of unbranched alkanes of at least 4 members (excludes halogenated alkanes) is 6. The minimum Gasteiger partial charge on any atom is -0.334 e. The number of hydrogen-bond donors (Lipinski definition) is 2. The lowest BCUT2D eigenvalue weighted by Gasteiger charge is -2.07. The summed E-state index contributed by atoms with van der Waals surface area (Å²) < 4.78 is 20.0. The minimum absolute atomic E-state index is 0.242. The number of benzene rings is 1. The first-order valence-electron chi connectivity index (χ1n) is 10.5. The molecule has 0 spiro atoms. The molecule has 1 heterocycles. The van der Waals surface area contributed by atoms with Crippen molar-refractivity contribution in [1.29, 1.82) is 0 Å². The van der Waals surface area contributed by atoms with Gasteiger partial charge in [-0.3, -0.25) is 9.79 Å². The van der Waals surface area contributed by atoms with E-state index >= 15 is 0 Å². The first-order chi connectivity index (χ1) is 13.9. The van der Waals surface area contributed by atoms with Crippen LogP contribution in [0.2, 0.25) is 5.02 Å². The molecule has 0 fully saturated rings. The van der Waals surface area contributed by atoms with Crippen LogP contribution in [0, 0.1) is 0 Å². The first kappa shape index (κ1) is 23.9. The molecule has 0 bridgehead atoms. The van der Waals surface area contributed by atoms with Gasteiger partial charge in [0, 0.05) is 5.02 Å². The Morgan fingerprint density at radius 2 is 1.72 bits per heavy atom. The second-order valence-electron chi connectivity index (χ2n) is 7.40. The number of nitrogens with zero attached hydrogens (tertiary/aromatic N) is 2. The van der Waals surface area contributed by atoms with Crippen molar-refractivity contribution < 1.29 is 23.4 Å². The fourth-order valence-electron chi connectivity index (χ4n) is 3.33. The predicted octanol–water partition coefficient (Wildman–Crippen LogP) is 5.28. The Hall–Kier alpha value is -1.33. The SMILES string of the molecule is CCCCCCCn1cc[n+](CCCCCc2ccc(Cl)cc2)c1OP(=O)(O)O. The van der Waals surface area contributed by atoms with E-state index in [9.17, 15) is 14.4 Å². The van der Waals surface area contributed by atoms with E-state index in [4.69, 9.17) is 16.1 Å². The van der Waals surface area contributed by atoms with Crippen molar-refractivity contribution in [3.8, 4) is 6.01 Å². The molecule has 0 saturated carbocycles. The molecular formula is C21H33ClN2O4P+. The van der Waals surface area contributed by atoms with Crippen LogP contribution < -0.4 is 9.09 Å². The summed E-state index contributed by atoms with van der Waals surface area (Å²) in [5, 5.41) is 0.748. The second-order valence-corrected chi connectivity index (χ2v) is 9.00. The van der Waals surface area contributed by atoms with Crippen molar-refractivity contribution in [3.63, 3.8) is 0 Å². The van der Waals surface area contributed by atoms with E-state index in [0.717, 1.165) is 43.5 Å². The molecule has 0 saturated heterocycles. The van der Waals surface area contributed by atoms with Gasteiger partial charge < -0.3 is 4.52 Å². The summed E-state index contributed by atoms with van der Waals surface area (Å²) in [6.45, 7) is 3.54. The molecule has 0 radical (unpaired) electrons. The van der Waals surface area contributed by atoms with Crippen LogP contribution in [0.4, 0.5) is 0 Å². The molecule has 29 heavy (non-hydrogen) atoms. The van der Waals surface area contributed by atoms with Crippen LogP contribution in [0.1, 0.15) is 63.9 Å². The van der Waals surface area contributed by atoms with Crippen LogP contribution in [0.15, 0.2) is 36.7 Å². The van der Waals surface area contributed by atoms with E-state index in [1.54, 1.807) is 9.13 Å². The Balaban J connectivity index is 1.84. The summed E-state index contributed by atoms with van der Waals surface area (Å²) >= 11 is 5.91. The van der Waals surface area contributed by atoms with Gasteiger partial charge in [-0.25, -0.2) is 4.57 Å². The van der Waals surface area contributed by atoms with Crippen LogP contribution in [0.25, 0.3) is 0 Å². The van der Waals surface area contributed by atoms with Crippen molar-refractivity contribution in [2.45, 2.75) is 77.8 Å². The summed E-state index contributed by atoms with van der Waals surface area (Å²) in [7, 11) is -4.60. The largest absolute Gasteiger partial charge is 0.529 e. The van der Waals surface area contributed by atoms with Gasteiger partial charge in [-0.1, -0.05) is 49.9 Å². The van der Waals surface area contributed by atoms with E-state index in [-0.39, 0.29) is 6.01 Å². The van der Waals surface area contributed by atoms with Gasteiger partial charge >= 0.3 is 13.8 Å². The van der Waals surface area contributed by atoms with Crippen LogP contribution in [-0.4, -0.2) is 14.4 Å². The fraction of sp³-hybridized carbons (Fsp3) is 0.571. The van der Waals surface area contributed by atoms with Crippen LogP contribution >= 0.6 is 19.4 Å². The number of hydrogen-bond acceptors (Lipinski definition) is 2. The van der Waals surface area contributed by atoms with Gasteiger partial charge in [0.25, 0.3) is 0 Å². The smallest absolute Gasteiger partial charge is 0.334 e. The van der Waals surface area contributed by atoms with Gasteiger partial charge in [0.05, 0.1) is 13.1 Å². The van der Waals surface area contributed by atoms with Gasteiger partial charge in [-0.2, -0.15) is 9.13 Å². The molecule has 0 aliphatic rings. The molecule has 2 rings (SSSR count). The summed E-state index contributed by atoms with van der Waals surface area (Å²) in [4.78, 5) is 18.6. The molecule has 162 valence electrons. The van der Waals surface area contributed by atoms with Crippen molar-refractivity contribution in [1.82, 2.24) is 4.57 Å². The average molecular weight is 444 g/mol. The summed E-state index contributed by atoms with van der Waals surface area (Å²) in [6, 6.07) is 8.15. The maximum absolute atomic E-state index is 11.4. The molecule has 1 aromatic carbocycles. The van der Waals surface area contributed by atoms with Crippen LogP contribution in [0.5, 0.6) is 6.01 Å². The molecule has 0 amide bonds. The third kappa shape index (κ3) is 9.35. The third-order valence-corrected chi connectivity index (χ3v) is 5.55. The predicted molar refractivity (Wildman–Crippen MR) is 115 cm³/mol. The Bertz CT molecular complexity index is 773. The Morgan fingerprint density at radius 1 is 1.03 bits per heavy atom. The Kier molecular flexibility index (Phi) is 10.2. The molecule has 2 aromatic rings. The highest BCUT2D eigenvalue weighted by atomic mass is 35.5. The highest BCUT2D eigenvalue weighted by molar-refractivity contribution is 7.46. The molecule has 2 N–H and O–H groups in total. The molecule has 0 aliphatic heterocycles. The molecule has 8 heteroatoms. The lowest BCUT2D eigenvalue weighted by molar-refractivity contribution is -0.699. The molecule has 0 unspecified atom stereocenters.